The molecule has 1 aromatic rings. The average molecular weight is 166 g/mol. The van der Waals surface area contributed by atoms with Gasteiger partial charge in [0.2, 0.25) is 0 Å². The van der Waals surface area contributed by atoms with Crippen LogP contribution in [0.15, 0.2) is 24.1 Å². The zero-order valence-corrected chi connectivity index (χ0v) is 7.95. The first-order valence-electron chi connectivity index (χ1n) is 3.90. The molecule has 0 N–H and O–H groups in total. The Balaban J connectivity index is 2.67. The largest absolute Gasteiger partial charge is 0.149 e. The fourth-order valence-corrected chi connectivity index (χ4v) is 1.93. The molecule has 1 heterocycles. The van der Waals surface area contributed by atoms with Crippen molar-refractivity contribution >= 4 is 11.3 Å². The maximum atomic E-state index is 3.74. The molecule has 0 saturated carbocycles. The van der Waals surface area contributed by atoms with E-state index >= 15 is 0 Å². The van der Waals surface area contributed by atoms with E-state index in [-0.39, 0.29) is 0 Å². The van der Waals surface area contributed by atoms with Crippen LogP contribution in [-0.4, -0.2) is 0 Å². The van der Waals surface area contributed by atoms with Crippen molar-refractivity contribution in [1.29, 1.82) is 0 Å². The fourth-order valence-electron chi connectivity index (χ4n) is 1.11. The molecule has 1 heteroatoms. The first-order chi connectivity index (χ1) is 5.24. The summed E-state index contributed by atoms with van der Waals surface area (Å²) in [5, 5.41) is 2.24. The molecule has 0 aliphatic heterocycles. The molecule has 0 saturated heterocycles. The summed E-state index contributed by atoms with van der Waals surface area (Å²) in [5.41, 5.74) is 1.45. The third-order valence-electron chi connectivity index (χ3n) is 1.84. The van der Waals surface area contributed by atoms with Crippen LogP contribution in [-0.2, 0) is 0 Å². The fraction of sp³-hybridized carbons (Fsp3) is 0.400. The first kappa shape index (κ1) is 8.54. The molecule has 0 amide bonds. The maximum absolute atomic E-state index is 3.74. The van der Waals surface area contributed by atoms with Crippen LogP contribution in [0.25, 0.3) is 0 Å². The van der Waals surface area contributed by atoms with Gasteiger partial charge in [0.05, 0.1) is 0 Å². The lowest BCUT2D eigenvalue weighted by atomic mass is 10.0. The quantitative estimate of drug-likeness (QED) is 0.600. The van der Waals surface area contributed by atoms with E-state index in [1.165, 1.54) is 10.4 Å². The van der Waals surface area contributed by atoms with Gasteiger partial charge in [-0.05, 0) is 36.3 Å². The molecule has 60 valence electrons. The molecule has 1 unspecified atom stereocenters. The molecule has 1 aromatic heterocycles. The van der Waals surface area contributed by atoms with Gasteiger partial charge < -0.3 is 0 Å². The molecule has 0 aliphatic carbocycles. The highest BCUT2D eigenvalue weighted by Crippen LogP contribution is 2.24. The van der Waals surface area contributed by atoms with E-state index in [9.17, 15) is 0 Å². The molecule has 0 aromatic carbocycles. The minimum absolute atomic E-state index is 0.637. The second-order valence-electron chi connectivity index (χ2n) is 2.92. The molecular formula is C10H14S. The molecule has 0 spiro atoms. The van der Waals surface area contributed by atoms with Gasteiger partial charge in [0.1, 0.15) is 0 Å². The van der Waals surface area contributed by atoms with Crippen molar-refractivity contribution in [2.75, 3.05) is 0 Å². The van der Waals surface area contributed by atoms with Crippen molar-refractivity contribution in [3.8, 4) is 0 Å². The Kier molecular flexibility index (Phi) is 2.89. The highest BCUT2D eigenvalue weighted by atomic mass is 32.1. The van der Waals surface area contributed by atoms with Crippen molar-refractivity contribution in [2.45, 2.75) is 26.2 Å². The van der Waals surface area contributed by atoms with Crippen LogP contribution in [0.2, 0.25) is 0 Å². The second kappa shape index (κ2) is 3.72. The summed E-state index contributed by atoms with van der Waals surface area (Å²) >= 11 is 1.82. The number of thiophene rings is 1. The van der Waals surface area contributed by atoms with E-state index in [2.05, 4.69) is 31.9 Å². The molecule has 11 heavy (non-hydrogen) atoms. The van der Waals surface area contributed by atoms with E-state index in [1.807, 2.05) is 17.4 Å². The molecule has 0 bridgehead atoms. The van der Waals surface area contributed by atoms with E-state index in [1.54, 1.807) is 0 Å². The number of aryl methyl sites for hydroxylation is 1. The molecule has 0 nitrogen and oxygen atoms in total. The van der Waals surface area contributed by atoms with Crippen LogP contribution in [0.1, 0.15) is 29.7 Å². The Morgan fingerprint density at radius 3 is 2.91 bits per heavy atom. The smallest absolute Gasteiger partial charge is 0.00171 e. The Hall–Kier alpha value is -0.560. The van der Waals surface area contributed by atoms with Crippen LogP contribution in [0, 0.1) is 6.92 Å². The van der Waals surface area contributed by atoms with E-state index in [0.717, 1.165) is 6.42 Å². The van der Waals surface area contributed by atoms with Gasteiger partial charge in [0.25, 0.3) is 0 Å². The van der Waals surface area contributed by atoms with Gasteiger partial charge in [0, 0.05) is 4.88 Å². The summed E-state index contributed by atoms with van der Waals surface area (Å²) in [6.07, 6.45) is 3.06. The molecule has 0 aliphatic rings. The lowest BCUT2D eigenvalue weighted by Gasteiger charge is -2.04. The Bertz CT molecular complexity index is 235. The Labute approximate surface area is 72.6 Å². The number of rotatable bonds is 3. The highest BCUT2D eigenvalue weighted by Gasteiger charge is 2.03. The predicted molar refractivity (Wildman–Crippen MR) is 52.3 cm³/mol. The SMILES string of the molecule is C=CCC(C)c1csc(C)c1. The van der Waals surface area contributed by atoms with Gasteiger partial charge in [-0.2, -0.15) is 0 Å². The van der Waals surface area contributed by atoms with Crippen LogP contribution in [0.4, 0.5) is 0 Å². The number of allylic oxidation sites excluding steroid dienone is 1. The monoisotopic (exact) mass is 166 g/mol. The second-order valence-corrected chi connectivity index (χ2v) is 4.03. The molecule has 0 fully saturated rings. The zero-order valence-electron chi connectivity index (χ0n) is 7.13. The molecular weight excluding hydrogens is 152 g/mol. The topological polar surface area (TPSA) is 0 Å². The summed E-state index contributed by atoms with van der Waals surface area (Å²) in [4.78, 5) is 1.40. The van der Waals surface area contributed by atoms with E-state index in [4.69, 9.17) is 0 Å². The van der Waals surface area contributed by atoms with Gasteiger partial charge in [-0.3, -0.25) is 0 Å². The van der Waals surface area contributed by atoms with Crippen molar-refractivity contribution in [2.24, 2.45) is 0 Å². The van der Waals surface area contributed by atoms with Crippen molar-refractivity contribution in [1.82, 2.24) is 0 Å². The lowest BCUT2D eigenvalue weighted by Crippen LogP contribution is -1.87. The minimum Gasteiger partial charge on any atom is -0.149 e. The lowest BCUT2D eigenvalue weighted by molar-refractivity contribution is 0.785. The van der Waals surface area contributed by atoms with Crippen LogP contribution >= 0.6 is 11.3 Å². The Morgan fingerprint density at radius 2 is 2.45 bits per heavy atom. The zero-order chi connectivity index (χ0) is 8.27. The van der Waals surface area contributed by atoms with Gasteiger partial charge in [0.15, 0.2) is 0 Å². The maximum Gasteiger partial charge on any atom is 0.00171 e. The molecule has 1 atom stereocenters. The predicted octanol–water partition coefficient (Wildman–Crippen LogP) is 3.74. The molecule has 0 radical (unpaired) electrons. The van der Waals surface area contributed by atoms with Crippen molar-refractivity contribution < 1.29 is 0 Å². The van der Waals surface area contributed by atoms with Crippen LogP contribution in [0.5, 0.6) is 0 Å². The van der Waals surface area contributed by atoms with Gasteiger partial charge in [-0.15, -0.1) is 17.9 Å². The molecule has 1 rings (SSSR count). The number of hydrogen-bond acceptors (Lipinski definition) is 1. The Morgan fingerprint density at radius 1 is 1.73 bits per heavy atom. The summed E-state index contributed by atoms with van der Waals surface area (Å²) in [6.45, 7) is 8.12. The van der Waals surface area contributed by atoms with Crippen LogP contribution in [0.3, 0.4) is 0 Å². The summed E-state index contributed by atoms with van der Waals surface area (Å²) in [6, 6.07) is 2.26. The normalized spacial score (nSPS) is 12.9. The standard InChI is InChI=1S/C10H14S/c1-4-5-8(2)10-6-9(3)11-7-10/h4,6-8H,1,5H2,2-3H3. The van der Waals surface area contributed by atoms with Gasteiger partial charge in [-0.1, -0.05) is 13.0 Å². The summed E-state index contributed by atoms with van der Waals surface area (Å²) in [7, 11) is 0. The first-order valence-corrected chi connectivity index (χ1v) is 4.78. The summed E-state index contributed by atoms with van der Waals surface area (Å²) in [5.74, 6) is 0.637. The van der Waals surface area contributed by atoms with Crippen LogP contribution < -0.4 is 0 Å². The summed E-state index contributed by atoms with van der Waals surface area (Å²) < 4.78 is 0. The van der Waals surface area contributed by atoms with Crippen molar-refractivity contribution in [3.63, 3.8) is 0 Å². The third kappa shape index (κ3) is 2.19. The van der Waals surface area contributed by atoms with Gasteiger partial charge in [-0.25, -0.2) is 0 Å². The van der Waals surface area contributed by atoms with E-state index < -0.39 is 0 Å². The van der Waals surface area contributed by atoms with E-state index in [0.29, 0.717) is 5.92 Å². The average Bonchev–Trinajstić information content (AvgIpc) is 2.36. The number of hydrogen-bond donors (Lipinski definition) is 0. The third-order valence-corrected chi connectivity index (χ3v) is 2.72. The highest BCUT2D eigenvalue weighted by molar-refractivity contribution is 7.10. The van der Waals surface area contributed by atoms with Crippen molar-refractivity contribution in [3.05, 3.63) is 34.5 Å². The minimum atomic E-state index is 0.637. The van der Waals surface area contributed by atoms with Gasteiger partial charge >= 0.3 is 0 Å².